The van der Waals surface area contributed by atoms with Gasteiger partial charge in [-0.1, -0.05) is 6.82 Å². The Hall–Kier alpha value is -0.935. The molecule has 0 fully saturated rings. The molecular formula is C7H9BF3O2. The van der Waals surface area contributed by atoms with Gasteiger partial charge in [-0.2, -0.15) is 13.2 Å². The van der Waals surface area contributed by atoms with Crippen molar-refractivity contribution in [1.82, 2.24) is 0 Å². The molecule has 0 atom stereocenters. The fraction of sp³-hybridized carbons (Fsp3) is 0.571. The van der Waals surface area contributed by atoms with Crippen LogP contribution in [-0.4, -0.2) is 26.0 Å². The van der Waals surface area contributed by atoms with Crippen LogP contribution in [0.4, 0.5) is 13.2 Å². The molecule has 0 heterocycles. The monoisotopic (exact) mass is 193 g/mol. The molecule has 0 aliphatic rings. The van der Waals surface area contributed by atoms with E-state index < -0.39 is 17.6 Å². The second-order valence-electron chi connectivity index (χ2n) is 2.15. The number of carbonyl (C=O) groups is 1. The molecule has 13 heavy (non-hydrogen) atoms. The first-order chi connectivity index (χ1) is 5.90. The lowest BCUT2D eigenvalue weighted by Gasteiger charge is -2.05. The summed E-state index contributed by atoms with van der Waals surface area (Å²) in [5, 5.41) is 0. The molecule has 73 valence electrons. The number of allylic oxidation sites excluding steroid dienone is 1. The van der Waals surface area contributed by atoms with Gasteiger partial charge in [0.05, 0.1) is 6.61 Å². The smallest absolute Gasteiger partial charge is 0.409 e. The highest BCUT2D eigenvalue weighted by atomic mass is 19.4. The summed E-state index contributed by atoms with van der Waals surface area (Å²) in [5.74, 6) is -0.956. The number of hydrogen-bond acceptors (Lipinski definition) is 2. The quantitative estimate of drug-likeness (QED) is 0.387. The van der Waals surface area contributed by atoms with E-state index in [0.29, 0.717) is 0 Å². The molecule has 0 aromatic heterocycles. The zero-order chi connectivity index (χ0) is 10.5. The second kappa shape index (κ2) is 4.94. The van der Waals surface area contributed by atoms with Gasteiger partial charge < -0.3 is 4.74 Å². The van der Waals surface area contributed by atoms with Crippen molar-refractivity contribution in [2.45, 2.75) is 19.9 Å². The van der Waals surface area contributed by atoms with Crippen LogP contribution in [0.3, 0.4) is 0 Å². The largest absolute Gasteiger partial charge is 0.463 e. The number of halogens is 3. The van der Waals surface area contributed by atoms with Gasteiger partial charge in [0.2, 0.25) is 0 Å². The number of ether oxygens (including phenoxy) is 1. The van der Waals surface area contributed by atoms with E-state index >= 15 is 0 Å². The highest BCUT2D eigenvalue weighted by Gasteiger charge is 2.26. The van der Waals surface area contributed by atoms with Crippen LogP contribution in [0.15, 0.2) is 11.5 Å². The summed E-state index contributed by atoms with van der Waals surface area (Å²) in [6.45, 7) is 2.93. The van der Waals surface area contributed by atoms with Gasteiger partial charge in [0.1, 0.15) is 0 Å². The lowest BCUT2D eigenvalue weighted by molar-refractivity contribution is -0.138. The summed E-state index contributed by atoms with van der Waals surface area (Å²) in [4.78, 5) is 10.8. The van der Waals surface area contributed by atoms with E-state index in [0.717, 1.165) is 7.28 Å². The predicted octanol–water partition coefficient (Wildman–Crippen LogP) is 1.75. The fourth-order valence-corrected chi connectivity index (χ4v) is 0.651. The molecule has 0 N–H and O–H groups in total. The van der Waals surface area contributed by atoms with E-state index in [-0.39, 0.29) is 12.7 Å². The van der Waals surface area contributed by atoms with E-state index in [4.69, 9.17) is 0 Å². The van der Waals surface area contributed by atoms with Crippen molar-refractivity contribution < 1.29 is 22.7 Å². The maximum atomic E-state index is 11.8. The highest BCUT2D eigenvalue weighted by molar-refractivity contribution is 6.52. The SMILES string of the molecule is C[B]/C(=C\C(F)(F)F)C(=O)OCC. The molecule has 0 saturated carbocycles. The fourth-order valence-electron chi connectivity index (χ4n) is 0.651. The van der Waals surface area contributed by atoms with Crippen LogP contribution >= 0.6 is 0 Å². The maximum Gasteiger partial charge on any atom is 0.409 e. The van der Waals surface area contributed by atoms with Crippen LogP contribution < -0.4 is 0 Å². The molecule has 0 aromatic carbocycles. The third-order valence-electron chi connectivity index (χ3n) is 1.14. The molecule has 0 saturated heterocycles. The Balaban J connectivity index is 4.50. The standard InChI is InChI=1S/C7H9BF3O2/c1-3-13-6(12)5(8-2)4-7(9,10)11/h4H,3H2,1-2H3/b5-4-. The Bertz CT molecular complexity index is 210. The van der Waals surface area contributed by atoms with Gasteiger partial charge in [-0.15, -0.1) is 0 Å². The molecule has 1 radical (unpaired) electrons. The highest BCUT2D eigenvalue weighted by Crippen LogP contribution is 2.18. The number of carbonyl (C=O) groups excluding carboxylic acids is 1. The van der Waals surface area contributed by atoms with Crippen LogP contribution in [0, 0.1) is 0 Å². The Morgan fingerprint density at radius 3 is 2.38 bits per heavy atom. The summed E-state index contributed by atoms with van der Waals surface area (Å²) < 4.78 is 39.8. The Morgan fingerprint density at radius 1 is 1.54 bits per heavy atom. The molecule has 0 aliphatic heterocycles. The summed E-state index contributed by atoms with van der Waals surface area (Å²) >= 11 is 0. The van der Waals surface area contributed by atoms with Gasteiger partial charge >= 0.3 is 12.1 Å². The Labute approximate surface area is 75.0 Å². The third kappa shape index (κ3) is 5.33. The number of rotatable bonds is 3. The van der Waals surface area contributed by atoms with Crippen molar-refractivity contribution in [3.05, 3.63) is 11.5 Å². The molecular weight excluding hydrogens is 184 g/mol. The molecule has 0 aromatic rings. The third-order valence-corrected chi connectivity index (χ3v) is 1.14. The van der Waals surface area contributed by atoms with Crippen LogP contribution in [0.1, 0.15) is 6.92 Å². The van der Waals surface area contributed by atoms with Crippen LogP contribution in [0.25, 0.3) is 0 Å². The van der Waals surface area contributed by atoms with Crippen molar-refractivity contribution in [3.8, 4) is 0 Å². The predicted molar refractivity (Wildman–Crippen MR) is 42.4 cm³/mol. The maximum absolute atomic E-state index is 11.8. The molecule has 0 aliphatic carbocycles. The molecule has 0 rings (SSSR count). The van der Waals surface area contributed by atoms with E-state index in [1.54, 1.807) is 0 Å². The van der Waals surface area contributed by atoms with Crippen molar-refractivity contribution in [2.75, 3.05) is 6.61 Å². The van der Waals surface area contributed by atoms with Gasteiger partial charge in [-0.3, -0.25) is 0 Å². The van der Waals surface area contributed by atoms with Gasteiger partial charge in [-0.25, -0.2) is 4.79 Å². The van der Waals surface area contributed by atoms with Crippen molar-refractivity contribution in [1.29, 1.82) is 0 Å². The lowest BCUT2D eigenvalue weighted by atomic mass is 9.72. The van der Waals surface area contributed by atoms with Crippen molar-refractivity contribution in [3.63, 3.8) is 0 Å². The van der Waals surface area contributed by atoms with Crippen LogP contribution in [0.2, 0.25) is 6.82 Å². The molecule has 0 spiro atoms. The topological polar surface area (TPSA) is 26.3 Å². The normalized spacial score (nSPS) is 12.5. The van der Waals surface area contributed by atoms with E-state index in [1.807, 2.05) is 0 Å². The molecule has 0 unspecified atom stereocenters. The van der Waals surface area contributed by atoms with Gasteiger partial charge in [0.25, 0.3) is 0 Å². The lowest BCUT2D eigenvalue weighted by Crippen LogP contribution is -2.15. The summed E-state index contributed by atoms with van der Waals surface area (Å²) in [5.41, 5.74) is -0.477. The first-order valence-electron chi connectivity index (χ1n) is 3.66. The average molecular weight is 193 g/mol. The number of esters is 1. The van der Waals surface area contributed by atoms with Gasteiger partial charge in [0.15, 0.2) is 7.28 Å². The molecule has 2 nitrogen and oxygen atoms in total. The van der Waals surface area contributed by atoms with Crippen LogP contribution in [0.5, 0.6) is 0 Å². The Kier molecular flexibility index (Phi) is 4.58. The Morgan fingerprint density at radius 2 is 2.08 bits per heavy atom. The van der Waals surface area contributed by atoms with Crippen LogP contribution in [-0.2, 0) is 9.53 Å². The van der Waals surface area contributed by atoms with Gasteiger partial charge in [0, 0.05) is 11.5 Å². The number of alkyl halides is 3. The minimum Gasteiger partial charge on any atom is -0.463 e. The first-order valence-corrected chi connectivity index (χ1v) is 3.66. The average Bonchev–Trinajstić information content (AvgIpc) is 1.99. The van der Waals surface area contributed by atoms with Crippen molar-refractivity contribution in [2.24, 2.45) is 0 Å². The molecule has 0 amide bonds. The van der Waals surface area contributed by atoms with E-state index in [9.17, 15) is 18.0 Å². The first kappa shape index (κ1) is 12.1. The molecule has 6 heteroatoms. The van der Waals surface area contributed by atoms with E-state index in [1.165, 1.54) is 13.7 Å². The van der Waals surface area contributed by atoms with Gasteiger partial charge in [-0.05, 0) is 6.92 Å². The second-order valence-corrected chi connectivity index (χ2v) is 2.15. The summed E-state index contributed by atoms with van der Waals surface area (Å²) in [7, 11) is 1.06. The zero-order valence-corrected chi connectivity index (χ0v) is 7.31. The van der Waals surface area contributed by atoms with Crippen molar-refractivity contribution >= 4 is 13.2 Å². The minimum atomic E-state index is -4.49. The van der Waals surface area contributed by atoms with E-state index in [2.05, 4.69) is 4.74 Å². The zero-order valence-electron chi connectivity index (χ0n) is 7.31. The molecule has 0 bridgehead atoms. The summed E-state index contributed by atoms with van der Waals surface area (Å²) in [6.07, 6.45) is -4.57. The number of hydrogen-bond donors (Lipinski definition) is 0. The minimum absolute atomic E-state index is 0.0574. The summed E-state index contributed by atoms with van der Waals surface area (Å²) in [6, 6.07) is 0.